The van der Waals surface area contributed by atoms with Crippen LogP contribution < -0.4 is 0 Å². The summed E-state index contributed by atoms with van der Waals surface area (Å²) in [5.74, 6) is 0.778. The number of nitrogens with zero attached hydrogens (tertiary/aromatic N) is 1. The molecular weight excluding hydrogens is 290 g/mol. The van der Waals surface area contributed by atoms with E-state index in [1.165, 1.54) is 5.56 Å². The minimum atomic E-state index is -0.511. The lowest BCUT2D eigenvalue weighted by Gasteiger charge is -2.30. The summed E-state index contributed by atoms with van der Waals surface area (Å²) in [6, 6.07) is 14.5. The Labute approximate surface area is 138 Å². The van der Waals surface area contributed by atoms with Crippen molar-refractivity contribution in [3.63, 3.8) is 0 Å². The smallest absolute Gasteiger partial charge is 0.129 e. The standard InChI is InChI=1S/C19H27NO3/c1-3-16(2)20(12-17-8-5-4-6-9-17)13-18(21)14-22-15-19-10-7-11-23-19/h4-11,16,18,21H,3,12-15H2,1-2H3/t16-,18-/m1/s1. The van der Waals surface area contributed by atoms with Crippen LogP contribution in [0.25, 0.3) is 0 Å². The maximum atomic E-state index is 10.3. The zero-order chi connectivity index (χ0) is 16.5. The molecule has 0 radical (unpaired) electrons. The van der Waals surface area contributed by atoms with Gasteiger partial charge in [-0.15, -0.1) is 0 Å². The highest BCUT2D eigenvalue weighted by Crippen LogP contribution is 2.12. The Balaban J connectivity index is 1.81. The molecule has 2 atom stereocenters. The predicted molar refractivity (Wildman–Crippen MR) is 91.0 cm³/mol. The molecule has 1 aromatic heterocycles. The van der Waals surface area contributed by atoms with E-state index in [-0.39, 0.29) is 0 Å². The first-order valence-electron chi connectivity index (χ1n) is 8.25. The van der Waals surface area contributed by atoms with Crippen LogP contribution >= 0.6 is 0 Å². The van der Waals surface area contributed by atoms with E-state index >= 15 is 0 Å². The third kappa shape index (κ3) is 6.18. The Hall–Kier alpha value is -1.62. The van der Waals surface area contributed by atoms with Gasteiger partial charge in [0.2, 0.25) is 0 Å². The number of hydrogen-bond acceptors (Lipinski definition) is 4. The van der Waals surface area contributed by atoms with Gasteiger partial charge in [0.1, 0.15) is 12.4 Å². The molecule has 0 fully saturated rings. The molecular formula is C19H27NO3. The van der Waals surface area contributed by atoms with Gasteiger partial charge in [-0.2, -0.15) is 0 Å². The molecule has 0 saturated heterocycles. The molecule has 1 aromatic carbocycles. The van der Waals surface area contributed by atoms with E-state index < -0.39 is 6.10 Å². The van der Waals surface area contributed by atoms with Gasteiger partial charge in [-0.1, -0.05) is 37.3 Å². The second-order valence-electron chi connectivity index (χ2n) is 5.92. The van der Waals surface area contributed by atoms with Gasteiger partial charge in [0.25, 0.3) is 0 Å². The first-order valence-corrected chi connectivity index (χ1v) is 8.25. The summed E-state index contributed by atoms with van der Waals surface area (Å²) < 4.78 is 10.7. The van der Waals surface area contributed by atoms with Crippen molar-refractivity contribution >= 4 is 0 Å². The predicted octanol–water partition coefficient (Wildman–Crippen LogP) is 3.46. The monoisotopic (exact) mass is 317 g/mol. The average Bonchev–Trinajstić information content (AvgIpc) is 3.08. The van der Waals surface area contributed by atoms with Gasteiger partial charge in [0.15, 0.2) is 0 Å². The lowest BCUT2D eigenvalue weighted by molar-refractivity contribution is -0.00271. The molecule has 0 bridgehead atoms. The summed E-state index contributed by atoms with van der Waals surface area (Å²) in [5.41, 5.74) is 1.26. The summed E-state index contributed by atoms with van der Waals surface area (Å²) in [6.45, 7) is 6.50. The van der Waals surface area contributed by atoms with Crippen molar-refractivity contribution in [2.75, 3.05) is 13.2 Å². The Morgan fingerprint density at radius 1 is 1.17 bits per heavy atom. The molecule has 1 heterocycles. The van der Waals surface area contributed by atoms with E-state index in [2.05, 4.69) is 30.9 Å². The highest BCUT2D eigenvalue weighted by molar-refractivity contribution is 5.14. The van der Waals surface area contributed by atoms with Crippen molar-refractivity contribution in [2.45, 2.75) is 45.6 Å². The van der Waals surface area contributed by atoms with E-state index in [1.54, 1.807) is 6.26 Å². The SMILES string of the molecule is CC[C@@H](C)N(Cc1ccccc1)C[C@@H](O)COCc1ccco1. The fraction of sp³-hybridized carbons (Fsp3) is 0.474. The van der Waals surface area contributed by atoms with E-state index in [4.69, 9.17) is 9.15 Å². The van der Waals surface area contributed by atoms with Crippen molar-refractivity contribution in [1.29, 1.82) is 0 Å². The lowest BCUT2D eigenvalue weighted by atomic mass is 10.1. The molecule has 0 amide bonds. The quantitative estimate of drug-likeness (QED) is 0.729. The maximum absolute atomic E-state index is 10.3. The van der Waals surface area contributed by atoms with Crippen LogP contribution in [0.15, 0.2) is 53.1 Å². The molecule has 2 rings (SSSR count). The molecule has 126 valence electrons. The highest BCUT2D eigenvalue weighted by Gasteiger charge is 2.17. The first-order chi connectivity index (χ1) is 11.2. The molecule has 0 aliphatic rings. The van der Waals surface area contributed by atoms with Gasteiger partial charge in [-0.25, -0.2) is 0 Å². The Morgan fingerprint density at radius 3 is 2.61 bits per heavy atom. The fourth-order valence-electron chi connectivity index (χ4n) is 2.49. The van der Waals surface area contributed by atoms with E-state index in [1.807, 2.05) is 30.3 Å². The Kier molecular flexibility index (Phi) is 7.33. The Morgan fingerprint density at radius 2 is 1.96 bits per heavy atom. The molecule has 0 spiro atoms. The molecule has 4 heteroatoms. The minimum Gasteiger partial charge on any atom is -0.467 e. The number of rotatable bonds is 10. The van der Waals surface area contributed by atoms with Gasteiger partial charge < -0.3 is 14.3 Å². The van der Waals surface area contributed by atoms with Gasteiger partial charge >= 0.3 is 0 Å². The number of aliphatic hydroxyl groups is 1. The lowest BCUT2D eigenvalue weighted by Crippen LogP contribution is -2.39. The second kappa shape index (κ2) is 9.50. The van der Waals surface area contributed by atoms with Crippen molar-refractivity contribution in [3.8, 4) is 0 Å². The highest BCUT2D eigenvalue weighted by atomic mass is 16.5. The summed E-state index contributed by atoms with van der Waals surface area (Å²) in [5, 5.41) is 10.3. The number of hydrogen-bond donors (Lipinski definition) is 1. The van der Waals surface area contributed by atoms with Crippen LogP contribution in [0.2, 0.25) is 0 Å². The normalized spacial score (nSPS) is 14.1. The third-order valence-corrected chi connectivity index (χ3v) is 4.02. The fourth-order valence-corrected chi connectivity index (χ4v) is 2.49. The molecule has 1 N–H and O–H groups in total. The summed E-state index contributed by atoms with van der Waals surface area (Å²) >= 11 is 0. The molecule has 0 aliphatic heterocycles. The summed E-state index contributed by atoms with van der Waals surface area (Å²) in [6.07, 6.45) is 2.16. The molecule has 4 nitrogen and oxygen atoms in total. The van der Waals surface area contributed by atoms with Crippen LogP contribution in [0.1, 0.15) is 31.6 Å². The minimum absolute atomic E-state index is 0.308. The molecule has 2 aromatic rings. The summed E-state index contributed by atoms with van der Waals surface area (Å²) in [7, 11) is 0. The maximum Gasteiger partial charge on any atom is 0.129 e. The zero-order valence-electron chi connectivity index (χ0n) is 14.0. The molecule has 0 unspecified atom stereocenters. The van der Waals surface area contributed by atoms with Crippen molar-refractivity contribution in [3.05, 3.63) is 60.1 Å². The molecule has 0 aliphatic carbocycles. The van der Waals surface area contributed by atoms with Crippen molar-refractivity contribution < 1.29 is 14.3 Å². The van der Waals surface area contributed by atoms with Crippen molar-refractivity contribution in [2.24, 2.45) is 0 Å². The number of furan rings is 1. The van der Waals surface area contributed by atoms with Crippen LogP contribution in [0.4, 0.5) is 0 Å². The van der Waals surface area contributed by atoms with Gasteiger partial charge in [-0.3, -0.25) is 4.90 Å². The number of aliphatic hydroxyl groups excluding tert-OH is 1. The third-order valence-electron chi connectivity index (χ3n) is 4.02. The number of ether oxygens (including phenoxy) is 1. The van der Waals surface area contributed by atoms with E-state index in [0.29, 0.717) is 25.8 Å². The average molecular weight is 317 g/mol. The van der Waals surface area contributed by atoms with Crippen LogP contribution in [-0.2, 0) is 17.9 Å². The summed E-state index contributed by atoms with van der Waals surface area (Å²) in [4.78, 5) is 2.30. The van der Waals surface area contributed by atoms with Crippen LogP contribution in [0.5, 0.6) is 0 Å². The van der Waals surface area contributed by atoms with E-state index in [0.717, 1.165) is 18.7 Å². The molecule has 23 heavy (non-hydrogen) atoms. The van der Waals surface area contributed by atoms with Crippen LogP contribution in [-0.4, -0.2) is 35.3 Å². The van der Waals surface area contributed by atoms with Gasteiger partial charge in [0, 0.05) is 19.1 Å². The molecule has 0 saturated carbocycles. The van der Waals surface area contributed by atoms with Gasteiger partial charge in [0.05, 0.1) is 19.0 Å². The second-order valence-corrected chi connectivity index (χ2v) is 5.92. The van der Waals surface area contributed by atoms with Crippen molar-refractivity contribution in [1.82, 2.24) is 4.90 Å². The van der Waals surface area contributed by atoms with Gasteiger partial charge in [-0.05, 0) is 31.0 Å². The largest absolute Gasteiger partial charge is 0.467 e. The zero-order valence-corrected chi connectivity index (χ0v) is 14.0. The first kappa shape index (κ1) is 17.7. The van der Waals surface area contributed by atoms with Crippen LogP contribution in [0, 0.1) is 0 Å². The van der Waals surface area contributed by atoms with E-state index in [9.17, 15) is 5.11 Å². The Bertz CT molecular complexity index is 527. The van der Waals surface area contributed by atoms with Crippen LogP contribution in [0.3, 0.4) is 0 Å². The topological polar surface area (TPSA) is 45.8 Å². The number of benzene rings is 1.